The molecule has 0 radical (unpaired) electrons. The van der Waals surface area contributed by atoms with Gasteiger partial charge in [-0.3, -0.25) is 14.6 Å². The van der Waals surface area contributed by atoms with Crippen LogP contribution in [0, 0.1) is 23.7 Å². The molecule has 2 aliphatic heterocycles. The Kier molecular flexibility index (Phi) is 4.41. The van der Waals surface area contributed by atoms with E-state index in [0.29, 0.717) is 31.3 Å². The molecule has 0 spiro atoms. The standard InChI is InChI=1S/C18H24N4O3/c1-11-4-12(5-11)18(24)22-8-14-13(10-25-15(14)9-22)6-17(23)21-16-7-19-2-3-20-16/h2-3,7,11-15H,4-6,8-10H2,1H3,(H,20,21,23)/t11?,12?,13-,14-,15-/m1/s1. The van der Waals surface area contributed by atoms with Crippen molar-refractivity contribution in [2.24, 2.45) is 23.7 Å². The van der Waals surface area contributed by atoms with E-state index in [4.69, 9.17) is 4.74 Å². The van der Waals surface area contributed by atoms with Crippen LogP contribution in [0.5, 0.6) is 0 Å². The molecule has 3 atom stereocenters. The first-order valence-corrected chi connectivity index (χ1v) is 9.06. The summed E-state index contributed by atoms with van der Waals surface area (Å²) in [6, 6.07) is 0. The average Bonchev–Trinajstić information content (AvgIpc) is 3.14. The maximum absolute atomic E-state index is 12.6. The Morgan fingerprint density at radius 1 is 1.32 bits per heavy atom. The third-order valence-electron chi connectivity index (χ3n) is 5.75. The molecule has 1 saturated carbocycles. The molecule has 3 fully saturated rings. The van der Waals surface area contributed by atoms with E-state index in [1.165, 1.54) is 6.20 Å². The average molecular weight is 344 g/mol. The molecule has 2 saturated heterocycles. The number of carbonyl (C=O) groups excluding carboxylic acids is 2. The Hall–Kier alpha value is -2.02. The minimum Gasteiger partial charge on any atom is -0.376 e. The fourth-order valence-corrected chi connectivity index (χ4v) is 4.35. The van der Waals surface area contributed by atoms with Gasteiger partial charge in [0.1, 0.15) is 0 Å². The van der Waals surface area contributed by atoms with Crippen LogP contribution < -0.4 is 5.32 Å². The molecular weight excluding hydrogens is 320 g/mol. The van der Waals surface area contributed by atoms with Gasteiger partial charge in [-0.05, 0) is 24.7 Å². The lowest BCUT2D eigenvalue weighted by Crippen LogP contribution is -2.41. The number of rotatable bonds is 4. The van der Waals surface area contributed by atoms with Gasteiger partial charge in [-0.2, -0.15) is 0 Å². The summed E-state index contributed by atoms with van der Waals surface area (Å²) in [5.41, 5.74) is 0. The molecule has 7 heteroatoms. The van der Waals surface area contributed by atoms with E-state index in [1.807, 2.05) is 4.90 Å². The third kappa shape index (κ3) is 3.38. The monoisotopic (exact) mass is 344 g/mol. The molecule has 0 aromatic carbocycles. The molecule has 1 N–H and O–H groups in total. The zero-order valence-corrected chi connectivity index (χ0v) is 14.4. The van der Waals surface area contributed by atoms with Crippen molar-refractivity contribution in [1.29, 1.82) is 0 Å². The van der Waals surface area contributed by atoms with E-state index < -0.39 is 0 Å². The van der Waals surface area contributed by atoms with E-state index in [0.717, 1.165) is 19.4 Å². The molecule has 7 nitrogen and oxygen atoms in total. The smallest absolute Gasteiger partial charge is 0.225 e. The Morgan fingerprint density at radius 3 is 2.88 bits per heavy atom. The van der Waals surface area contributed by atoms with Gasteiger partial charge < -0.3 is 15.0 Å². The predicted molar refractivity (Wildman–Crippen MR) is 90.5 cm³/mol. The van der Waals surface area contributed by atoms with Gasteiger partial charge in [0.2, 0.25) is 11.8 Å². The SMILES string of the molecule is CC1CC(C(=O)N2C[C@@H]3[C@H](CC(=O)Nc4cnccn4)CO[C@@H]3C2)C1. The minimum atomic E-state index is -0.0765. The van der Waals surface area contributed by atoms with Crippen molar-refractivity contribution in [1.82, 2.24) is 14.9 Å². The van der Waals surface area contributed by atoms with Crippen molar-refractivity contribution >= 4 is 17.6 Å². The second-order valence-electron chi connectivity index (χ2n) is 7.66. The lowest BCUT2D eigenvalue weighted by atomic mass is 9.75. The first kappa shape index (κ1) is 16.4. The summed E-state index contributed by atoms with van der Waals surface area (Å²) in [6.07, 6.45) is 7.13. The van der Waals surface area contributed by atoms with Crippen LogP contribution in [0.4, 0.5) is 5.82 Å². The van der Waals surface area contributed by atoms with Crippen molar-refractivity contribution in [3.05, 3.63) is 18.6 Å². The normalized spacial score (nSPS) is 33.6. The van der Waals surface area contributed by atoms with Gasteiger partial charge in [0.05, 0.1) is 18.9 Å². The topological polar surface area (TPSA) is 84.4 Å². The van der Waals surface area contributed by atoms with E-state index in [9.17, 15) is 9.59 Å². The predicted octanol–water partition coefficient (Wildman–Crippen LogP) is 1.32. The second-order valence-corrected chi connectivity index (χ2v) is 7.66. The molecular formula is C18H24N4O3. The molecule has 4 rings (SSSR count). The molecule has 0 bridgehead atoms. The van der Waals surface area contributed by atoms with Crippen LogP contribution in [0.2, 0.25) is 0 Å². The Balaban J connectivity index is 1.31. The Bertz CT molecular complexity index is 647. The maximum atomic E-state index is 12.6. The highest BCUT2D eigenvalue weighted by atomic mass is 16.5. The molecule has 3 aliphatic rings. The lowest BCUT2D eigenvalue weighted by Gasteiger charge is -2.34. The number of hydrogen-bond donors (Lipinski definition) is 1. The van der Waals surface area contributed by atoms with Crippen molar-refractivity contribution in [2.45, 2.75) is 32.3 Å². The van der Waals surface area contributed by atoms with Crippen LogP contribution in [-0.4, -0.2) is 52.5 Å². The summed E-state index contributed by atoms with van der Waals surface area (Å²) in [5.74, 6) is 1.95. The maximum Gasteiger partial charge on any atom is 0.225 e. The highest BCUT2D eigenvalue weighted by Crippen LogP contribution is 2.39. The number of ether oxygens (including phenoxy) is 1. The number of anilines is 1. The molecule has 3 heterocycles. The van der Waals surface area contributed by atoms with Crippen molar-refractivity contribution in [2.75, 3.05) is 25.0 Å². The number of amides is 2. The van der Waals surface area contributed by atoms with Gasteiger partial charge in [-0.15, -0.1) is 0 Å². The molecule has 2 amide bonds. The number of nitrogens with zero attached hydrogens (tertiary/aromatic N) is 3. The van der Waals surface area contributed by atoms with Gasteiger partial charge in [-0.1, -0.05) is 6.92 Å². The molecule has 0 unspecified atom stereocenters. The lowest BCUT2D eigenvalue weighted by molar-refractivity contribution is -0.139. The van der Waals surface area contributed by atoms with Crippen LogP contribution in [0.25, 0.3) is 0 Å². The summed E-state index contributed by atoms with van der Waals surface area (Å²) in [4.78, 5) is 34.8. The highest BCUT2D eigenvalue weighted by molar-refractivity contribution is 5.89. The van der Waals surface area contributed by atoms with Crippen molar-refractivity contribution < 1.29 is 14.3 Å². The number of nitrogens with one attached hydrogen (secondary N) is 1. The van der Waals surface area contributed by atoms with Crippen LogP contribution in [-0.2, 0) is 14.3 Å². The Labute approximate surface area is 147 Å². The number of aromatic nitrogens is 2. The number of carbonyl (C=O) groups is 2. The van der Waals surface area contributed by atoms with Crippen LogP contribution in [0.15, 0.2) is 18.6 Å². The quantitative estimate of drug-likeness (QED) is 0.891. The van der Waals surface area contributed by atoms with Gasteiger partial charge in [0, 0.05) is 43.7 Å². The van der Waals surface area contributed by atoms with Gasteiger partial charge in [0.25, 0.3) is 0 Å². The zero-order valence-electron chi connectivity index (χ0n) is 14.4. The van der Waals surface area contributed by atoms with Gasteiger partial charge >= 0.3 is 0 Å². The Morgan fingerprint density at radius 2 is 2.16 bits per heavy atom. The number of hydrogen-bond acceptors (Lipinski definition) is 5. The highest BCUT2D eigenvalue weighted by Gasteiger charge is 2.47. The molecule has 25 heavy (non-hydrogen) atoms. The van der Waals surface area contributed by atoms with Crippen LogP contribution in [0.1, 0.15) is 26.2 Å². The fraction of sp³-hybridized carbons (Fsp3) is 0.667. The van der Waals surface area contributed by atoms with Crippen molar-refractivity contribution in [3.63, 3.8) is 0 Å². The van der Waals surface area contributed by atoms with Crippen LogP contribution in [0.3, 0.4) is 0 Å². The summed E-state index contributed by atoms with van der Waals surface area (Å²) < 4.78 is 5.87. The first-order chi connectivity index (χ1) is 12.1. The molecule has 1 aromatic heterocycles. The van der Waals surface area contributed by atoms with Gasteiger partial charge in [-0.25, -0.2) is 4.98 Å². The summed E-state index contributed by atoms with van der Waals surface area (Å²) in [6.45, 7) is 4.18. The summed E-state index contributed by atoms with van der Waals surface area (Å²) in [5, 5.41) is 2.78. The van der Waals surface area contributed by atoms with Crippen LogP contribution >= 0.6 is 0 Å². The van der Waals surface area contributed by atoms with E-state index in [1.54, 1.807) is 12.4 Å². The number of fused-ring (bicyclic) bond motifs is 1. The van der Waals surface area contributed by atoms with Gasteiger partial charge in [0.15, 0.2) is 5.82 Å². The zero-order chi connectivity index (χ0) is 17.4. The number of likely N-dealkylation sites (tertiary alicyclic amines) is 1. The second kappa shape index (κ2) is 6.71. The summed E-state index contributed by atoms with van der Waals surface area (Å²) in [7, 11) is 0. The van der Waals surface area contributed by atoms with Crippen molar-refractivity contribution in [3.8, 4) is 0 Å². The largest absolute Gasteiger partial charge is 0.376 e. The van der Waals surface area contributed by atoms with E-state index >= 15 is 0 Å². The molecule has 134 valence electrons. The summed E-state index contributed by atoms with van der Waals surface area (Å²) >= 11 is 0. The van der Waals surface area contributed by atoms with E-state index in [-0.39, 0.29) is 35.7 Å². The fourth-order valence-electron chi connectivity index (χ4n) is 4.35. The first-order valence-electron chi connectivity index (χ1n) is 9.06. The molecule has 1 aliphatic carbocycles. The minimum absolute atomic E-state index is 0.0765. The third-order valence-corrected chi connectivity index (χ3v) is 5.75. The van der Waals surface area contributed by atoms with E-state index in [2.05, 4.69) is 22.2 Å². The molecule has 1 aromatic rings.